The first-order valence-electron chi connectivity index (χ1n) is 7.05. The number of para-hydroxylation sites is 1. The number of nitrogens with one attached hydrogen (secondary N) is 2. The largest absolute Gasteiger partial charge is 0.507 e. The Morgan fingerprint density at radius 2 is 1.70 bits per heavy atom. The molecule has 0 saturated heterocycles. The monoisotopic (exact) mass is 311 g/mol. The molecule has 0 spiro atoms. The molecule has 0 saturated carbocycles. The number of aromatic hydroxyl groups is 1. The van der Waals surface area contributed by atoms with Crippen LogP contribution in [0.2, 0.25) is 0 Å². The fourth-order valence-electron chi connectivity index (χ4n) is 1.81. The van der Waals surface area contributed by atoms with Gasteiger partial charge in [0.05, 0.1) is 6.21 Å². The summed E-state index contributed by atoms with van der Waals surface area (Å²) in [4.78, 5) is 23.2. The second kappa shape index (κ2) is 8.33. The molecule has 6 heteroatoms. The van der Waals surface area contributed by atoms with Crippen molar-refractivity contribution in [3.63, 3.8) is 0 Å². The van der Waals surface area contributed by atoms with Crippen molar-refractivity contribution >= 4 is 18.0 Å². The summed E-state index contributed by atoms with van der Waals surface area (Å²) in [6, 6.07) is 16.0. The average Bonchev–Trinajstić information content (AvgIpc) is 2.56. The van der Waals surface area contributed by atoms with Gasteiger partial charge in [-0.25, -0.2) is 5.43 Å². The van der Waals surface area contributed by atoms with Crippen molar-refractivity contribution in [1.82, 2.24) is 10.7 Å². The third-order valence-corrected chi connectivity index (χ3v) is 2.98. The Hall–Kier alpha value is -3.15. The molecule has 0 radical (unpaired) electrons. The Labute approximate surface area is 133 Å². The first kappa shape index (κ1) is 16.2. The Morgan fingerprint density at radius 3 is 2.43 bits per heavy atom. The van der Waals surface area contributed by atoms with Crippen LogP contribution in [0.1, 0.15) is 17.5 Å². The number of hydrogen-bond donors (Lipinski definition) is 3. The fraction of sp³-hybridized carbons (Fsp3) is 0.118. The summed E-state index contributed by atoms with van der Waals surface area (Å²) >= 11 is 0. The van der Waals surface area contributed by atoms with E-state index in [4.69, 9.17) is 0 Å². The topological polar surface area (TPSA) is 90.8 Å². The van der Waals surface area contributed by atoms with Gasteiger partial charge in [-0.2, -0.15) is 5.10 Å². The van der Waals surface area contributed by atoms with Crippen molar-refractivity contribution in [2.75, 3.05) is 0 Å². The molecule has 3 N–H and O–H groups in total. The molecule has 23 heavy (non-hydrogen) atoms. The highest BCUT2D eigenvalue weighted by Gasteiger charge is 2.08. The minimum atomic E-state index is -0.526. The number of phenols is 1. The molecular formula is C17H17N3O3. The number of nitrogens with zero attached hydrogens (tertiary/aromatic N) is 1. The molecule has 0 aliphatic rings. The molecule has 0 fully saturated rings. The van der Waals surface area contributed by atoms with Crippen molar-refractivity contribution in [3.05, 3.63) is 65.7 Å². The highest BCUT2D eigenvalue weighted by molar-refractivity contribution is 5.97. The number of hydrazone groups is 1. The van der Waals surface area contributed by atoms with E-state index in [9.17, 15) is 14.7 Å². The van der Waals surface area contributed by atoms with Gasteiger partial charge in [0.15, 0.2) is 0 Å². The van der Waals surface area contributed by atoms with E-state index in [1.165, 1.54) is 12.3 Å². The molecule has 0 heterocycles. The van der Waals surface area contributed by atoms with Crippen LogP contribution in [0.5, 0.6) is 5.75 Å². The Morgan fingerprint density at radius 1 is 1.00 bits per heavy atom. The quantitative estimate of drug-likeness (QED) is 0.429. The minimum absolute atomic E-state index is 0.0612. The van der Waals surface area contributed by atoms with E-state index in [1.54, 1.807) is 18.2 Å². The van der Waals surface area contributed by atoms with Gasteiger partial charge in [-0.05, 0) is 17.7 Å². The molecule has 2 aromatic carbocycles. The number of carbonyl (C=O) groups excluding carboxylic acids is 2. The van der Waals surface area contributed by atoms with Crippen LogP contribution in [0.4, 0.5) is 0 Å². The van der Waals surface area contributed by atoms with E-state index < -0.39 is 5.91 Å². The van der Waals surface area contributed by atoms with Crippen molar-refractivity contribution in [3.8, 4) is 5.75 Å². The lowest BCUT2D eigenvalue weighted by Gasteiger charge is -2.04. The molecule has 0 atom stereocenters. The zero-order chi connectivity index (χ0) is 16.5. The molecule has 2 aromatic rings. The summed E-state index contributed by atoms with van der Waals surface area (Å²) in [5, 5.41) is 15.9. The maximum atomic E-state index is 11.7. The van der Waals surface area contributed by atoms with Crippen LogP contribution in [0.3, 0.4) is 0 Å². The maximum absolute atomic E-state index is 11.7. The van der Waals surface area contributed by atoms with Gasteiger partial charge in [0.25, 0.3) is 0 Å². The lowest BCUT2D eigenvalue weighted by atomic mass is 10.2. The van der Waals surface area contributed by atoms with Crippen molar-refractivity contribution < 1.29 is 14.7 Å². The van der Waals surface area contributed by atoms with Gasteiger partial charge >= 0.3 is 0 Å². The van der Waals surface area contributed by atoms with Crippen LogP contribution in [0, 0.1) is 0 Å². The number of phenolic OH excluding ortho intramolecular Hbond substituents is 1. The van der Waals surface area contributed by atoms with Crippen LogP contribution >= 0.6 is 0 Å². The molecule has 2 amide bonds. The van der Waals surface area contributed by atoms with E-state index in [1.807, 2.05) is 30.3 Å². The number of carbonyl (C=O) groups is 2. The highest BCUT2D eigenvalue weighted by Crippen LogP contribution is 2.12. The molecule has 0 aliphatic heterocycles. The van der Waals surface area contributed by atoms with Crippen LogP contribution in [0.15, 0.2) is 59.7 Å². The van der Waals surface area contributed by atoms with Crippen molar-refractivity contribution in [2.45, 2.75) is 13.0 Å². The number of hydrogen-bond acceptors (Lipinski definition) is 4. The molecule has 0 unspecified atom stereocenters. The van der Waals surface area contributed by atoms with Gasteiger partial charge in [0, 0.05) is 12.1 Å². The number of rotatable bonds is 6. The summed E-state index contributed by atoms with van der Waals surface area (Å²) < 4.78 is 0. The summed E-state index contributed by atoms with van der Waals surface area (Å²) in [6.07, 6.45) is 1.00. The average molecular weight is 311 g/mol. The lowest BCUT2D eigenvalue weighted by molar-refractivity contribution is -0.129. The van der Waals surface area contributed by atoms with Gasteiger partial charge < -0.3 is 10.4 Å². The number of benzene rings is 2. The van der Waals surface area contributed by atoms with E-state index in [-0.39, 0.29) is 18.1 Å². The molecule has 0 aliphatic carbocycles. The molecular weight excluding hydrogens is 294 g/mol. The lowest BCUT2D eigenvalue weighted by Crippen LogP contribution is -2.29. The zero-order valence-electron chi connectivity index (χ0n) is 12.4. The second-order valence-corrected chi connectivity index (χ2v) is 4.79. The maximum Gasteiger partial charge on any atom is 0.249 e. The summed E-state index contributed by atoms with van der Waals surface area (Å²) in [5.74, 6) is -0.850. The molecule has 0 aromatic heterocycles. The van der Waals surface area contributed by atoms with Gasteiger partial charge in [0.2, 0.25) is 11.8 Å². The standard InChI is InChI=1S/C17H17N3O3/c21-15-9-5-4-8-14(15)12-19-20-17(23)10-16(22)18-11-13-6-2-1-3-7-13/h1-9,12,21H,10-11H2,(H,18,22)(H,20,23)/b19-12-. The van der Waals surface area contributed by atoms with Gasteiger partial charge in [-0.1, -0.05) is 42.5 Å². The molecule has 118 valence electrons. The fourth-order valence-corrected chi connectivity index (χ4v) is 1.81. The summed E-state index contributed by atoms with van der Waals surface area (Å²) in [7, 11) is 0. The highest BCUT2D eigenvalue weighted by atomic mass is 16.3. The Kier molecular flexibility index (Phi) is 5.88. The number of amides is 2. The molecule has 6 nitrogen and oxygen atoms in total. The van der Waals surface area contributed by atoms with E-state index >= 15 is 0 Å². The Bertz CT molecular complexity index is 699. The normalized spacial score (nSPS) is 10.4. The van der Waals surface area contributed by atoms with Crippen molar-refractivity contribution in [1.29, 1.82) is 0 Å². The zero-order valence-corrected chi connectivity index (χ0v) is 12.4. The van der Waals surface area contributed by atoms with Crippen LogP contribution in [-0.2, 0) is 16.1 Å². The first-order chi connectivity index (χ1) is 11.1. The van der Waals surface area contributed by atoms with Crippen LogP contribution in [0.25, 0.3) is 0 Å². The predicted octanol–water partition coefficient (Wildman–Crippen LogP) is 1.55. The van der Waals surface area contributed by atoms with Gasteiger partial charge in [-0.15, -0.1) is 0 Å². The van der Waals surface area contributed by atoms with Crippen LogP contribution in [-0.4, -0.2) is 23.1 Å². The van der Waals surface area contributed by atoms with Gasteiger partial charge in [0.1, 0.15) is 12.2 Å². The molecule has 0 bridgehead atoms. The van der Waals surface area contributed by atoms with E-state index in [2.05, 4.69) is 15.8 Å². The summed E-state index contributed by atoms with van der Waals surface area (Å²) in [5.41, 5.74) is 3.68. The van der Waals surface area contributed by atoms with Crippen molar-refractivity contribution in [2.24, 2.45) is 5.10 Å². The SMILES string of the molecule is O=C(CC(=O)N/N=C\c1ccccc1O)NCc1ccccc1. The van der Waals surface area contributed by atoms with E-state index in [0.717, 1.165) is 5.56 Å². The smallest absolute Gasteiger partial charge is 0.249 e. The molecule has 2 rings (SSSR count). The first-order valence-corrected chi connectivity index (χ1v) is 7.05. The third kappa shape index (κ3) is 5.62. The van der Waals surface area contributed by atoms with Gasteiger partial charge in [-0.3, -0.25) is 9.59 Å². The predicted molar refractivity (Wildman–Crippen MR) is 86.7 cm³/mol. The van der Waals surface area contributed by atoms with E-state index in [0.29, 0.717) is 12.1 Å². The Balaban J connectivity index is 1.74. The second-order valence-electron chi connectivity index (χ2n) is 4.79. The third-order valence-electron chi connectivity index (χ3n) is 2.98. The van der Waals surface area contributed by atoms with Crippen LogP contribution < -0.4 is 10.7 Å². The summed E-state index contributed by atoms with van der Waals surface area (Å²) in [6.45, 7) is 0.369. The minimum Gasteiger partial charge on any atom is -0.507 e.